The van der Waals surface area contributed by atoms with Crippen molar-refractivity contribution in [2.45, 2.75) is 12.5 Å². The Labute approximate surface area is 223 Å². The number of nitro benzene ring substituents is 1. The summed E-state index contributed by atoms with van der Waals surface area (Å²) in [6, 6.07) is 16.9. The minimum absolute atomic E-state index is 0.0609. The van der Waals surface area contributed by atoms with Crippen molar-refractivity contribution in [2.75, 3.05) is 20.8 Å². The minimum atomic E-state index is -0.972. The fraction of sp³-hybridized carbons (Fsp3) is 0.172. The molecule has 1 aliphatic heterocycles. The molecule has 2 N–H and O–H groups in total. The second-order valence-electron chi connectivity index (χ2n) is 9.02. The summed E-state index contributed by atoms with van der Waals surface area (Å²) in [5.74, 6) is -1.04. The third kappa shape index (κ3) is 4.56. The lowest BCUT2D eigenvalue weighted by Crippen LogP contribution is -2.31. The zero-order chi connectivity index (χ0) is 27.7. The van der Waals surface area contributed by atoms with Crippen molar-refractivity contribution in [3.63, 3.8) is 0 Å². The van der Waals surface area contributed by atoms with E-state index in [2.05, 4.69) is 4.98 Å². The summed E-state index contributed by atoms with van der Waals surface area (Å²) in [6.45, 7) is 0.156. The standard InChI is InChI=1S/C29H25N3O7/c1-38-20-10-11-23-22(15-20)18(16-30-23)12-13-31-26(21-8-3-4-9-24(21)39-2)25(28(34)29(31)35)27(33)17-6-5-7-19(14-17)32(36)37/h3-11,14-16,26,30,33H,12-13H2,1-2H3/t26-/m1/s1. The van der Waals surface area contributed by atoms with E-state index in [1.54, 1.807) is 31.4 Å². The lowest BCUT2D eigenvalue weighted by atomic mass is 9.94. The fourth-order valence-electron chi connectivity index (χ4n) is 4.98. The topological polar surface area (TPSA) is 135 Å². The van der Waals surface area contributed by atoms with E-state index in [0.29, 0.717) is 23.5 Å². The van der Waals surface area contributed by atoms with Crippen molar-refractivity contribution in [3.05, 3.63) is 105 Å². The maximum absolute atomic E-state index is 13.4. The van der Waals surface area contributed by atoms with Crippen LogP contribution in [-0.2, 0) is 16.0 Å². The number of nitro groups is 1. The van der Waals surface area contributed by atoms with Gasteiger partial charge in [0, 0.05) is 46.9 Å². The van der Waals surface area contributed by atoms with Gasteiger partial charge in [0.2, 0.25) is 0 Å². The van der Waals surface area contributed by atoms with Gasteiger partial charge in [-0.05, 0) is 36.2 Å². The molecule has 0 unspecified atom stereocenters. The van der Waals surface area contributed by atoms with E-state index in [4.69, 9.17) is 9.47 Å². The predicted molar refractivity (Wildman–Crippen MR) is 144 cm³/mol. The van der Waals surface area contributed by atoms with E-state index in [1.165, 1.54) is 36.3 Å². The second kappa shape index (κ2) is 10.3. The molecule has 1 aromatic heterocycles. The minimum Gasteiger partial charge on any atom is -0.507 e. The Hall–Kier alpha value is -5.12. The molecule has 1 atom stereocenters. The highest BCUT2D eigenvalue weighted by Crippen LogP contribution is 2.43. The predicted octanol–water partition coefficient (Wildman–Crippen LogP) is 4.76. The molecule has 1 aliphatic rings. The zero-order valence-corrected chi connectivity index (χ0v) is 21.2. The molecule has 10 heteroatoms. The average molecular weight is 528 g/mol. The Kier molecular flexibility index (Phi) is 6.76. The maximum Gasteiger partial charge on any atom is 0.295 e. The molecule has 1 fully saturated rings. The number of ketones is 1. The molecule has 1 amide bonds. The number of H-pyrrole nitrogens is 1. The lowest BCUT2D eigenvalue weighted by Gasteiger charge is -2.26. The molecule has 2 heterocycles. The van der Waals surface area contributed by atoms with E-state index in [0.717, 1.165) is 16.5 Å². The monoisotopic (exact) mass is 527 g/mol. The van der Waals surface area contributed by atoms with E-state index < -0.39 is 28.4 Å². The number of ether oxygens (including phenoxy) is 2. The van der Waals surface area contributed by atoms with Crippen LogP contribution >= 0.6 is 0 Å². The molecule has 0 spiro atoms. The quantitative estimate of drug-likeness (QED) is 0.111. The third-order valence-electron chi connectivity index (χ3n) is 6.90. The first kappa shape index (κ1) is 25.5. The summed E-state index contributed by atoms with van der Waals surface area (Å²) in [5, 5.41) is 23.5. The summed E-state index contributed by atoms with van der Waals surface area (Å²) >= 11 is 0. The number of carbonyl (C=O) groups is 2. The Bertz CT molecular complexity index is 1640. The number of amides is 1. The van der Waals surface area contributed by atoms with Gasteiger partial charge in [-0.2, -0.15) is 0 Å². The number of carbonyl (C=O) groups excluding carboxylic acids is 2. The highest BCUT2D eigenvalue weighted by molar-refractivity contribution is 6.46. The van der Waals surface area contributed by atoms with E-state index in [-0.39, 0.29) is 23.4 Å². The number of Topliss-reactive ketones (excluding diaryl/α,β-unsaturated/α-hetero) is 1. The third-order valence-corrected chi connectivity index (χ3v) is 6.90. The Morgan fingerprint density at radius 1 is 1.05 bits per heavy atom. The molecule has 0 radical (unpaired) electrons. The van der Waals surface area contributed by atoms with Gasteiger partial charge in [-0.25, -0.2) is 0 Å². The Balaban J connectivity index is 1.60. The van der Waals surface area contributed by atoms with Crippen LogP contribution in [-0.4, -0.2) is 52.4 Å². The van der Waals surface area contributed by atoms with Gasteiger partial charge in [0.1, 0.15) is 17.3 Å². The normalized spacial score (nSPS) is 16.6. The van der Waals surface area contributed by atoms with Crippen LogP contribution in [0.5, 0.6) is 11.5 Å². The Morgan fingerprint density at radius 3 is 2.59 bits per heavy atom. The summed E-state index contributed by atoms with van der Waals surface area (Å²) in [4.78, 5) is 42.1. The van der Waals surface area contributed by atoms with Crippen molar-refractivity contribution in [2.24, 2.45) is 0 Å². The van der Waals surface area contributed by atoms with Gasteiger partial charge in [0.25, 0.3) is 17.4 Å². The number of fused-ring (bicyclic) bond motifs is 1. The molecule has 0 bridgehead atoms. The molecular weight excluding hydrogens is 502 g/mol. The molecule has 5 rings (SSSR count). The summed E-state index contributed by atoms with van der Waals surface area (Å²) in [7, 11) is 3.06. The van der Waals surface area contributed by atoms with Gasteiger partial charge < -0.3 is 24.5 Å². The number of non-ortho nitro benzene ring substituents is 1. The van der Waals surface area contributed by atoms with Crippen molar-refractivity contribution in [3.8, 4) is 11.5 Å². The largest absolute Gasteiger partial charge is 0.507 e. The number of aromatic amines is 1. The molecule has 0 saturated carbocycles. The molecular formula is C29H25N3O7. The smallest absolute Gasteiger partial charge is 0.295 e. The molecule has 10 nitrogen and oxygen atoms in total. The van der Waals surface area contributed by atoms with Crippen LogP contribution in [0.25, 0.3) is 16.7 Å². The number of para-hydroxylation sites is 1. The number of aliphatic hydroxyl groups is 1. The van der Waals surface area contributed by atoms with Gasteiger partial charge >= 0.3 is 0 Å². The van der Waals surface area contributed by atoms with Crippen molar-refractivity contribution < 1.29 is 29.1 Å². The van der Waals surface area contributed by atoms with E-state index in [1.807, 2.05) is 24.4 Å². The number of benzene rings is 3. The SMILES string of the molecule is COc1ccc2[nH]cc(CCN3C(=O)C(=O)C(=C(O)c4cccc([N+](=O)[O-])c4)[C@H]3c3ccccc3OC)c2c1. The van der Waals surface area contributed by atoms with Crippen LogP contribution in [0.1, 0.15) is 22.7 Å². The van der Waals surface area contributed by atoms with Gasteiger partial charge in [0.15, 0.2) is 0 Å². The zero-order valence-electron chi connectivity index (χ0n) is 21.2. The van der Waals surface area contributed by atoms with Crippen LogP contribution in [0, 0.1) is 10.1 Å². The average Bonchev–Trinajstić information content (AvgIpc) is 3.48. The number of likely N-dealkylation sites (tertiary alicyclic amines) is 1. The number of aliphatic hydroxyl groups excluding tert-OH is 1. The molecule has 39 heavy (non-hydrogen) atoms. The van der Waals surface area contributed by atoms with Gasteiger partial charge in [0.05, 0.1) is 30.8 Å². The number of methoxy groups -OCH3 is 2. The molecule has 4 aromatic rings. The van der Waals surface area contributed by atoms with Gasteiger partial charge in [-0.1, -0.05) is 30.3 Å². The number of nitrogens with one attached hydrogen (secondary N) is 1. The molecule has 3 aromatic carbocycles. The molecule has 1 saturated heterocycles. The first-order chi connectivity index (χ1) is 18.8. The van der Waals surface area contributed by atoms with E-state index in [9.17, 15) is 24.8 Å². The summed E-state index contributed by atoms with van der Waals surface area (Å²) in [5.41, 5.74) is 1.98. The van der Waals surface area contributed by atoms with E-state index >= 15 is 0 Å². The van der Waals surface area contributed by atoms with Crippen LogP contribution in [0.15, 0.2) is 78.5 Å². The number of hydrogen-bond donors (Lipinski definition) is 2. The number of nitrogens with zero attached hydrogens (tertiary/aromatic N) is 2. The number of rotatable bonds is 8. The van der Waals surface area contributed by atoms with Crippen LogP contribution in [0.2, 0.25) is 0 Å². The lowest BCUT2D eigenvalue weighted by molar-refractivity contribution is -0.384. The van der Waals surface area contributed by atoms with Crippen molar-refractivity contribution in [1.29, 1.82) is 0 Å². The Morgan fingerprint density at radius 2 is 1.85 bits per heavy atom. The fourth-order valence-corrected chi connectivity index (χ4v) is 4.98. The summed E-state index contributed by atoms with van der Waals surface area (Å²) in [6.07, 6.45) is 2.25. The summed E-state index contributed by atoms with van der Waals surface area (Å²) < 4.78 is 10.9. The maximum atomic E-state index is 13.4. The highest BCUT2D eigenvalue weighted by Gasteiger charge is 2.47. The number of hydrogen-bond acceptors (Lipinski definition) is 7. The van der Waals surface area contributed by atoms with Gasteiger partial charge in [-0.3, -0.25) is 19.7 Å². The van der Waals surface area contributed by atoms with Crippen LogP contribution in [0.4, 0.5) is 5.69 Å². The second-order valence-corrected chi connectivity index (χ2v) is 9.02. The van der Waals surface area contributed by atoms with Crippen molar-refractivity contribution >= 4 is 34.0 Å². The van der Waals surface area contributed by atoms with Crippen LogP contribution in [0.3, 0.4) is 0 Å². The van der Waals surface area contributed by atoms with Crippen molar-refractivity contribution in [1.82, 2.24) is 9.88 Å². The van der Waals surface area contributed by atoms with Crippen LogP contribution < -0.4 is 9.47 Å². The molecule has 198 valence electrons. The first-order valence-corrected chi connectivity index (χ1v) is 12.1. The highest BCUT2D eigenvalue weighted by atomic mass is 16.6. The molecule has 0 aliphatic carbocycles. The van der Waals surface area contributed by atoms with Gasteiger partial charge in [-0.15, -0.1) is 0 Å². The number of aromatic nitrogens is 1. The first-order valence-electron chi connectivity index (χ1n) is 12.1.